The summed E-state index contributed by atoms with van der Waals surface area (Å²) in [5, 5.41) is 2.86. The molecule has 0 bridgehead atoms. The van der Waals surface area contributed by atoms with E-state index in [1.54, 1.807) is 0 Å². The predicted molar refractivity (Wildman–Crippen MR) is 89.2 cm³/mol. The molecule has 5 heteroatoms. The number of carbonyl (C=O) groups is 2. The molecule has 0 saturated carbocycles. The van der Waals surface area contributed by atoms with Gasteiger partial charge in [-0.2, -0.15) is 0 Å². The van der Waals surface area contributed by atoms with Crippen LogP contribution in [-0.2, 0) is 14.9 Å². The standard InChI is InChI=1S/C18H26N2O3/c1-4-18(2,3)13-7-5-12(6-8-13)17(22)20-11-14-9-10-15(23-14)16(19)21/h5-8,14-15H,4,9-11H2,1-3H3,(H2,19,21)(H,20,22)/t14-,15-/m0/s1. The van der Waals surface area contributed by atoms with Gasteiger partial charge in [-0.15, -0.1) is 0 Å². The van der Waals surface area contributed by atoms with E-state index in [2.05, 4.69) is 26.1 Å². The zero-order chi connectivity index (χ0) is 17.0. The number of amides is 2. The van der Waals surface area contributed by atoms with Gasteiger partial charge in [-0.25, -0.2) is 0 Å². The molecule has 1 aliphatic rings. The molecule has 1 heterocycles. The highest BCUT2D eigenvalue weighted by Crippen LogP contribution is 2.26. The average Bonchev–Trinajstić information content (AvgIpc) is 3.02. The highest BCUT2D eigenvalue weighted by molar-refractivity contribution is 5.94. The molecule has 5 nitrogen and oxygen atoms in total. The second kappa shape index (κ2) is 7.13. The highest BCUT2D eigenvalue weighted by atomic mass is 16.5. The maximum Gasteiger partial charge on any atom is 0.251 e. The van der Waals surface area contributed by atoms with Crippen LogP contribution in [0.5, 0.6) is 0 Å². The van der Waals surface area contributed by atoms with E-state index in [9.17, 15) is 9.59 Å². The first-order chi connectivity index (χ1) is 10.8. The molecule has 2 atom stereocenters. The summed E-state index contributed by atoms with van der Waals surface area (Å²) in [5.41, 5.74) is 7.18. The van der Waals surface area contributed by atoms with Gasteiger partial charge in [0.25, 0.3) is 5.91 Å². The Bertz CT molecular complexity index is 566. The Morgan fingerprint density at radius 2 is 1.91 bits per heavy atom. The van der Waals surface area contributed by atoms with E-state index in [-0.39, 0.29) is 17.4 Å². The lowest BCUT2D eigenvalue weighted by atomic mass is 9.82. The molecule has 0 spiro atoms. The Hall–Kier alpha value is -1.88. The van der Waals surface area contributed by atoms with Crippen molar-refractivity contribution in [2.45, 2.75) is 57.7 Å². The Labute approximate surface area is 137 Å². The average molecular weight is 318 g/mol. The number of hydrogen-bond acceptors (Lipinski definition) is 3. The monoisotopic (exact) mass is 318 g/mol. The topological polar surface area (TPSA) is 81.4 Å². The molecule has 0 aromatic heterocycles. The molecule has 1 aromatic rings. The van der Waals surface area contributed by atoms with Gasteiger partial charge in [0.05, 0.1) is 6.10 Å². The second-order valence-electron chi connectivity index (χ2n) is 6.75. The summed E-state index contributed by atoms with van der Waals surface area (Å²) in [6.07, 6.45) is 1.73. The maximum atomic E-state index is 12.2. The third kappa shape index (κ3) is 4.32. The van der Waals surface area contributed by atoms with Crippen molar-refractivity contribution >= 4 is 11.8 Å². The third-order valence-electron chi connectivity index (χ3n) is 4.73. The van der Waals surface area contributed by atoms with Crippen LogP contribution in [-0.4, -0.2) is 30.6 Å². The highest BCUT2D eigenvalue weighted by Gasteiger charge is 2.29. The van der Waals surface area contributed by atoms with E-state index in [0.717, 1.165) is 12.8 Å². The Balaban J connectivity index is 1.88. The first-order valence-electron chi connectivity index (χ1n) is 8.17. The minimum Gasteiger partial charge on any atom is -0.367 e. The summed E-state index contributed by atoms with van der Waals surface area (Å²) in [6, 6.07) is 7.72. The van der Waals surface area contributed by atoms with Crippen LogP contribution in [0.1, 0.15) is 56.0 Å². The first kappa shape index (κ1) is 17.5. The van der Waals surface area contributed by atoms with Gasteiger partial charge in [0.2, 0.25) is 5.91 Å². The molecule has 1 saturated heterocycles. The largest absolute Gasteiger partial charge is 0.367 e. The fourth-order valence-electron chi connectivity index (χ4n) is 2.65. The van der Waals surface area contributed by atoms with Gasteiger partial charge in [-0.1, -0.05) is 32.9 Å². The molecule has 23 heavy (non-hydrogen) atoms. The van der Waals surface area contributed by atoms with Crippen molar-refractivity contribution in [3.8, 4) is 0 Å². The maximum absolute atomic E-state index is 12.2. The van der Waals surface area contributed by atoms with Gasteiger partial charge in [0.1, 0.15) is 6.10 Å². The zero-order valence-corrected chi connectivity index (χ0v) is 14.1. The summed E-state index contributed by atoms with van der Waals surface area (Å²) in [5.74, 6) is -0.565. The van der Waals surface area contributed by atoms with Gasteiger partial charge in [-0.3, -0.25) is 9.59 Å². The van der Waals surface area contributed by atoms with E-state index < -0.39 is 12.0 Å². The fraction of sp³-hybridized carbons (Fsp3) is 0.556. The van der Waals surface area contributed by atoms with Crippen molar-refractivity contribution < 1.29 is 14.3 Å². The lowest BCUT2D eigenvalue weighted by Gasteiger charge is -2.23. The number of hydrogen-bond donors (Lipinski definition) is 2. The summed E-state index contributed by atoms with van der Waals surface area (Å²) in [7, 11) is 0. The van der Waals surface area contributed by atoms with Crippen molar-refractivity contribution in [3.05, 3.63) is 35.4 Å². The summed E-state index contributed by atoms with van der Waals surface area (Å²) in [4.78, 5) is 23.2. The molecular formula is C18H26N2O3. The van der Waals surface area contributed by atoms with Crippen molar-refractivity contribution in [1.82, 2.24) is 5.32 Å². The number of carbonyl (C=O) groups excluding carboxylic acids is 2. The van der Waals surface area contributed by atoms with Crippen LogP contribution in [0.3, 0.4) is 0 Å². The van der Waals surface area contributed by atoms with Gasteiger partial charge in [-0.05, 0) is 42.4 Å². The quantitative estimate of drug-likeness (QED) is 0.843. The van der Waals surface area contributed by atoms with Crippen LogP contribution in [0.4, 0.5) is 0 Å². The van der Waals surface area contributed by atoms with Crippen molar-refractivity contribution in [3.63, 3.8) is 0 Å². The Morgan fingerprint density at radius 1 is 1.26 bits per heavy atom. The molecular weight excluding hydrogens is 292 g/mol. The summed E-state index contributed by atoms with van der Waals surface area (Å²) < 4.78 is 5.50. The second-order valence-corrected chi connectivity index (χ2v) is 6.75. The molecule has 1 fully saturated rings. The number of nitrogens with one attached hydrogen (secondary N) is 1. The first-order valence-corrected chi connectivity index (χ1v) is 8.17. The SMILES string of the molecule is CCC(C)(C)c1ccc(C(=O)NC[C@@H]2CC[C@@H](C(N)=O)O2)cc1. The minimum absolute atomic E-state index is 0.108. The van der Waals surface area contributed by atoms with E-state index in [1.165, 1.54) is 5.56 Å². The van der Waals surface area contributed by atoms with Gasteiger partial charge >= 0.3 is 0 Å². The molecule has 0 radical (unpaired) electrons. The van der Waals surface area contributed by atoms with Crippen LogP contribution in [0.2, 0.25) is 0 Å². The lowest BCUT2D eigenvalue weighted by Crippen LogP contribution is -2.34. The van der Waals surface area contributed by atoms with Crippen molar-refractivity contribution in [2.75, 3.05) is 6.54 Å². The molecule has 0 aliphatic carbocycles. The number of benzene rings is 1. The summed E-state index contributed by atoms with van der Waals surface area (Å²) in [6.45, 7) is 6.93. The fourth-order valence-corrected chi connectivity index (χ4v) is 2.65. The number of primary amides is 1. The van der Waals surface area contributed by atoms with Crippen molar-refractivity contribution in [2.24, 2.45) is 5.73 Å². The number of rotatable bonds is 6. The van der Waals surface area contributed by atoms with Crippen LogP contribution in [0.15, 0.2) is 24.3 Å². The molecule has 0 unspecified atom stereocenters. The zero-order valence-electron chi connectivity index (χ0n) is 14.1. The van der Waals surface area contributed by atoms with Crippen LogP contribution in [0, 0.1) is 0 Å². The van der Waals surface area contributed by atoms with Crippen LogP contribution < -0.4 is 11.1 Å². The predicted octanol–water partition coefficient (Wildman–Crippen LogP) is 2.14. The molecule has 1 aliphatic heterocycles. The lowest BCUT2D eigenvalue weighted by molar-refractivity contribution is -0.128. The van der Waals surface area contributed by atoms with E-state index in [1.807, 2.05) is 24.3 Å². The van der Waals surface area contributed by atoms with E-state index in [0.29, 0.717) is 18.5 Å². The van der Waals surface area contributed by atoms with E-state index in [4.69, 9.17) is 10.5 Å². The molecule has 126 valence electrons. The molecule has 2 rings (SSSR count). The van der Waals surface area contributed by atoms with Crippen molar-refractivity contribution in [1.29, 1.82) is 0 Å². The molecule has 3 N–H and O–H groups in total. The van der Waals surface area contributed by atoms with Gasteiger partial charge < -0.3 is 15.8 Å². The van der Waals surface area contributed by atoms with E-state index >= 15 is 0 Å². The van der Waals surface area contributed by atoms with Crippen LogP contribution >= 0.6 is 0 Å². The summed E-state index contributed by atoms with van der Waals surface area (Å²) >= 11 is 0. The van der Waals surface area contributed by atoms with Gasteiger partial charge in [0.15, 0.2) is 0 Å². The smallest absolute Gasteiger partial charge is 0.251 e. The normalized spacial score (nSPS) is 21.2. The Morgan fingerprint density at radius 3 is 2.43 bits per heavy atom. The Kier molecular flexibility index (Phi) is 5.42. The molecule has 2 amide bonds. The van der Waals surface area contributed by atoms with Crippen LogP contribution in [0.25, 0.3) is 0 Å². The third-order valence-corrected chi connectivity index (χ3v) is 4.73. The minimum atomic E-state index is -0.521. The molecule has 1 aromatic carbocycles. The number of nitrogens with two attached hydrogens (primary N) is 1. The number of ether oxygens (including phenoxy) is 1. The van der Waals surface area contributed by atoms with Gasteiger partial charge in [0, 0.05) is 12.1 Å².